The molecule has 0 spiro atoms. The van der Waals surface area contributed by atoms with Gasteiger partial charge >= 0.3 is 103 Å². The summed E-state index contributed by atoms with van der Waals surface area (Å²) in [7, 11) is 0. The number of carboxylic acid groups (broad SMARTS) is 2. The van der Waals surface area contributed by atoms with Gasteiger partial charge in [0, 0.05) is 23.8 Å². The van der Waals surface area contributed by atoms with Gasteiger partial charge in [0.2, 0.25) is 0 Å². The number of hydrogen-bond donors (Lipinski definition) is 0. The maximum atomic E-state index is 10.3. The molecule has 0 radical (unpaired) electrons. The van der Waals surface area contributed by atoms with Crippen molar-refractivity contribution >= 4 is 11.9 Å². The fourth-order valence-corrected chi connectivity index (χ4v) is 1.52. The second kappa shape index (κ2) is 8.37. The summed E-state index contributed by atoms with van der Waals surface area (Å²) in [5.74, 6) is -4.20. The Balaban J connectivity index is 0. The molecule has 0 N–H and O–H groups in total. The number of carbonyl (C=O) groups is 2. The molecule has 0 aromatic carbocycles. The largest absolute Gasteiger partial charge is 1.00 e. The first kappa shape index (κ1) is 17.6. The predicted molar refractivity (Wildman–Crippen MR) is 30.8 cm³/mol. The predicted octanol–water partition coefficient (Wildman–Crippen LogP) is -8.09. The van der Waals surface area contributed by atoms with Crippen LogP contribution in [0.4, 0.5) is 0 Å². The summed E-state index contributed by atoms with van der Waals surface area (Å²) < 4.78 is 0. The van der Waals surface area contributed by atoms with E-state index in [4.69, 9.17) is 0 Å². The van der Waals surface area contributed by atoms with Crippen molar-refractivity contribution in [2.75, 3.05) is 0 Å². The van der Waals surface area contributed by atoms with Crippen LogP contribution in [0, 0.1) is 11.8 Å². The topological polar surface area (TPSA) is 80.3 Å². The summed E-state index contributed by atoms with van der Waals surface area (Å²) in [4.78, 5) is 20.6. The summed E-state index contributed by atoms with van der Waals surface area (Å²) in [6, 6.07) is 0. The van der Waals surface area contributed by atoms with Crippen molar-refractivity contribution in [3.05, 3.63) is 0 Å². The van der Waals surface area contributed by atoms with E-state index in [9.17, 15) is 19.8 Å². The molecule has 0 aliphatic heterocycles. The molecular weight excluding hydrogens is 226 g/mol. The molecule has 1 saturated carbocycles. The van der Waals surface area contributed by atoms with Crippen molar-refractivity contribution in [3.8, 4) is 0 Å². The standard InChI is InChI=1S/C7H10O4.2K/c8-6(9)4-2-1-3-5(4)7(10)11;;/h4-5H,1-3H2,(H,8,9)(H,10,11);;/q;2*+1/p-2. The van der Waals surface area contributed by atoms with Crippen molar-refractivity contribution in [1.82, 2.24) is 0 Å². The number of rotatable bonds is 2. The van der Waals surface area contributed by atoms with Gasteiger partial charge in [0.1, 0.15) is 0 Å². The second-order valence-electron chi connectivity index (χ2n) is 2.78. The summed E-state index contributed by atoms with van der Waals surface area (Å²) in [6.45, 7) is 0. The average molecular weight is 234 g/mol. The van der Waals surface area contributed by atoms with E-state index in [1.165, 1.54) is 0 Å². The molecule has 1 fully saturated rings. The van der Waals surface area contributed by atoms with Gasteiger partial charge in [0.25, 0.3) is 0 Å². The Hall–Kier alpha value is 2.21. The molecule has 0 bridgehead atoms. The molecule has 0 aromatic heterocycles. The molecule has 2 atom stereocenters. The van der Waals surface area contributed by atoms with E-state index < -0.39 is 23.8 Å². The van der Waals surface area contributed by atoms with Crippen LogP contribution in [0.2, 0.25) is 0 Å². The van der Waals surface area contributed by atoms with E-state index in [1.54, 1.807) is 0 Å². The molecule has 13 heavy (non-hydrogen) atoms. The SMILES string of the molecule is O=C([O-])C1CCCC1C(=O)[O-].[K+].[K+]. The smallest absolute Gasteiger partial charge is 0.550 e. The van der Waals surface area contributed by atoms with Crippen LogP contribution in [0.1, 0.15) is 19.3 Å². The van der Waals surface area contributed by atoms with Crippen molar-refractivity contribution in [2.24, 2.45) is 11.8 Å². The molecular formula is C7H8K2O4. The van der Waals surface area contributed by atoms with Crippen LogP contribution in [0.5, 0.6) is 0 Å². The van der Waals surface area contributed by atoms with Crippen molar-refractivity contribution in [1.29, 1.82) is 0 Å². The first-order valence-corrected chi connectivity index (χ1v) is 3.54. The molecule has 0 amide bonds. The monoisotopic (exact) mass is 234 g/mol. The third-order valence-corrected chi connectivity index (χ3v) is 2.12. The number of carbonyl (C=O) groups excluding carboxylic acids is 2. The zero-order valence-electron chi connectivity index (χ0n) is 7.91. The molecule has 1 rings (SSSR count). The van der Waals surface area contributed by atoms with Gasteiger partial charge in [-0.15, -0.1) is 0 Å². The van der Waals surface area contributed by atoms with Gasteiger partial charge in [-0.3, -0.25) is 0 Å². The summed E-state index contributed by atoms with van der Waals surface area (Å²) in [5.41, 5.74) is 0. The minimum Gasteiger partial charge on any atom is -0.550 e. The Morgan fingerprint density at radius 3 is 1.46 bits per heavy atom. The fraction of sp³-hybridized carbons (Fsp3) is 0.714. The van der Waals surface area contributed by atoms with Gasteiger partial charge in [-0.2, -0.15) is 0 Å². The third-order valence-electron chi connectivity index (χ3n) is 2.12. The molecule has 1 aliphatic rings. The zero-order valence-corrected chi connectivity index (χ0v) is 14.2. The summed E-state index contributed by atoms with van der Waals surface area (Å²) >= 11 is 0. The van der Waals surface area contributed by atoms with Crippen LogP contribution in [-0.4, -0.2) is 11.9 Å². The third kappa shape index (κ3) is 5.19. The van der Waals surface area contributed by atoms with Gasteiger partial charge in [-0.1, -0.05) is 6.42 Å². The fourth-order valence-electron chi connectivity index (χ4n) is 1.52. The van der Waals surface area contributed by atoms with Crippen molar-refractivity contribution in [2.45, 2.75) is 19.3 Å². The molecule has 0 aromatic rings. The van der Waals surface area contributed by atoms with Crippen LogP contribution in [0.15, 0.2) is 0 Å². The first-order valence-electron chi connectivity index (χ1n) is 3.54. The Morgan fingerprint density at radius 1 is 0.923 bits per heavy atom. The molecule has 2 unspecified atom stereocenters. The van der Waals surface area contributed by atoms with Crippen LogP contribution in [0.3, 0.4) is 0 Å². The Bertz CT molecular complexity index is 175. The minimum absolute atomic E-state index is 0. The van der Waals surface area contributed by atoms with Gasteiger partial charge in [0.05, 0.1) is 0 Å². The Morgan fingerprint density at radius 2 is 1.23 bits per heavy atom. The van der Waals surface area contributed by atoms with E-state index in [0.29, 0.717) is 19.3 Å². The maximum Gasteiger partial charge on any atom is 1.00 e. The second-order valence-corrected chi connectivity index (χ2v) is 2.78. The van der Waals surface area contributed by atoms with E-state index in [0.717, 1.165) is 0 Å². The zero-order chi connectivity index (χ0) is 8.43. The molecule has 0 heterocycles. The van der Waals surface area contributed by atoms with Gasteiger partial charge in [-0.05, 0) is 12.8 Å². The van der Waals surface area contributed by atoms with Crippen molar-refractivity contribution < 1.29 is 123 Å². The van der Waals surface area contributed by atoms with Crippen LogP contribution >= 0.6 is 0 Å². The Kier molecular flexibility index (Phi) is 11.3. The van der Waals surface area contributed by atoms with Crippen LogP contribution in [-0.2, 0) is 9.59 Å². The number of carboxylic acids is 2. The Labute approximate surface area is 162 Å². The van der Waals surface area contributed by atoms with E-state index in [2.05, 4.69) is 0 Å². The maximum absolute atomic E-state index is 10.3. The molecule has 0 saturated heterocycles. The number of hydrogen-bond acceptors (Lipinski definition) is 4. The quantitative estimate of drug-likeness (QED) is 0.444. The molecule has 1 aliphatic carbocycles. The van der Waals surface area contributed by atoms with Gasteiger partial charge < -0.3 is 19.8 Å². The van der Waals surface area contributed by atoms with Gasteiger partial charge in [-0.25, -0.2) is 0 Å². The number of aliphatic carboxylic acids is 2. The van der Waals surface area contributed by atoms with Crippen LogP contribution < -0.4 is 113 Å². The average Bonchev–Trinajstić information content (AvgIpc) is 2.32. The minimum atomic E-state index is -1.27. The summed E-state index contributed by atoms with van der Waals surface area (Å²) in [6.07, 6.45) is 1.44. The van der Waals surface area contributed by atoms with E-state index >= 15 is 0 Å². The van der Waals surface area contributed by atoms with E-state index in [-0.39, 0.29) is 103 Å². The van der Waals surface area contributed by atoms with Gasteiger partial charge in [0.15, 0.2) is 0 Å². The van der Waals surface area contributed by atoms with Crippen LogP contribution in [0.25, 0.3) is 0 Å². The van der Waals surface area contributed by atoms with E-state index in [1.807, 2.05) is 0 Å². The van der Waals surface area contributed by atoms with Crippen molar-refractivity contribution in [3.63, 3.8) is 0 Å². The molecule has 62 valence electrons. The first-order chi connectivity index (χ1) is 5.13. The normalized spacial score (nSPS) is 25.5. The summed E-state index contributed by atoms with van der Waals surface area (Å²) in [5, 5.41) is 20.6. The molecule has 4 nitrogen and oxygen atoms in total. The molecule has 6 heteroatoms.